The Hall–Kier alpha value is -2.73. The first kappa shape index (κ1) is 20.0. The van der Waals surface area contributed by atoms with Crippen molar-refractivity contribution in [3.05, 3.63) is 75.3 Å². The molecule has 0 spiro atoms. The highest BCUT2D eigenvalue weighted by Crippen LogP contribution is 2.21. The van der Waals surface area contributed by atoms with Crippen LogP contribution in [0.15, 0.2) is 59.4 Å². The van der Waals surface area contributed by atoms with Crippen molar-refractivity contribution in [1.82, 2.24) is 14.9 Å². The SMILES string of the molecule is CC(C)CC(NC(=O)CCn1c(=S)[nH]c2ccccc2c1=O)c1ccccc1. The second-order valence-corrected chi connectivity index (χ2v) is 7.73. The third kappa shape index (κ3) is 4.75. The minimum absolute atomic E-state index is 0.0449. The molecule has 1 heterocycles. The van der Waals surface area contributed by atoms with E-state index >= 15 is 0 Å². The Morgan fingerprint density at radius 2 is 1.79 bits per heavy atom. The van der Waals surface area contributed by atoms with Crippen LogP contribution in [-0.4, -0.2) is 15.5 Å². The van der Waals surface area contributed by atoms with Gasteiger partial charge in [-0.3, -0.25) is 14.2 Å². The first-order valence-corrected chi connectivity index (χ1v) is 9.92. The van der Waals surface area contributed by atoms with E-state index < -0.39 is 0 Å². The molecule has 2 N–H and O–H groups in total. The highest BCUT2D eigenvalue weighted by Gasteiger charge is 2.16. The van der Waals surface area contributed by atoms with Crippen LogP contribution in [0.4, 0.5) is 0 Å². The molecule has 1 amide bonds. The molecule has 1 atom stereocenters. The number of nitrogens with zero attached hydrogens (tertiary/aromatic N) is 1. The maximum atomic E-state index is 12.7. The summed E-state index contributed by atoms with van der Waals surface area (Å²) in [5.41, 5.74) is 1.62. The molecule has 146 valence electrons. The van der Waals surface area contributed by atoms with Crippen LogP contribution in [0.1, 0.15) is 38.3 Å². The van der Waals surface area contributed by atoms with Crippen molar-refractivity contribution in [2.45, 2.75) is 39.3 Å². The molecule has 0 saturated heterocycles. The first-order chi connectivity index (χ1) is 13.5. The van der Waals surface area contributed by atoms with Gasteiger partial charge in [0.2, 0.25) is 5.91 Å². The van der Waals surface area contributed by atoms with E-state index in [4.69, 9.17) is 12.2 Å². The maximum Gasteiger partial charge on any atom is 0.262 e. The molecule has 0 aliphatic heterocycles. The van der Waals surface area contributed by atoms with Crippen molar-refractivity contribution in [3.8, 4) is 0 Å². The first-order valence-electron chi connectivity index (χ1n) is 9.52. The van der Waals surface area contributed by atoms with Crippen LogP contribution in [-0.2, 0) is 11.3 Å². The quantitative estimate of drug-likeness (QED) is 0.585. The molecular weight excluding hydrogens is 370 g/mol. The monoisotopic (exact) mass is 395 g/mol. The Bertz CT molecular complexity index is 1070. The normalized spacial score (nSPS) is 12.2. The van der Waals surface area contributed by atoms with Crippen LogP contribution >= 0.6 is 12.2 Å². The third-order valence-corrected chi connectivity index (χ3v) is 5.02. The molecule has 3 aromatic rings. The van der Waals surface area contributed by atoms with Gasteiger partial charge in [0.05, 0.1) is 16.9 Å². The lowest BCUT2D eigenvalue weighted by atomic mass is 9.97. The number of H-pyrrole nitrogens is 1. The second kappa shape index (κ2) is 8.97. The summed E-state index contributed by atoms with van der Waals surface area (Å²) in [6, 6.07) is 17.2. The van der Waals surface area contributed by atoms with E-state index in [1.54, 1.807) is 6.07 Å². The van der Waals surface area contributed by atoms with E-state index in [0.717, 1.165) is 12.0 Å². The van der Waals surface area contributed by atoms with Gasteiger partial charge in [-0.2, -0.15) is 0 Å². The number of hydrogen-bond donors (Lipinski definition) is 2. The molecule has 0 fully saturated rings. The summed E-state index contributed by atoms with van der Waals surface area (Å²) < 4.78 is 1.79. The molecule has 1 aromatic heterocycles. The Balaban J connectivity index is 1.74. The van der Waals surface area contributed by atoms with E-state index in [9.17, 15) is 9.59 Å². The molecule has 0 aliphatic rings. The Labute approximate surface area is 169 Å². The molecule has 6 heteroatoms. The smallest absolute Gasteiger partial charge is 0.262 e. The van der Waals surface area contributed by atoms with Crippen molar-refractivity contribution in [3.63, 3.8) is 0 Å². The molecule has 5 nitrogen and oxygen atoms in total. The number of nitrogens with one attached hydrogen (secondary N) is 2. The topological polar surface area (TPSA) is 66.9 Å². The predicted molar refractivity (Wildman–Crippen MR) is 115 cm³/mol. The van der Waals surface area contributed by atoms with Gasteiger partial charge in [0.1, 0.15) is 0 Å². The lowest BCUT2D eigenvalue weighted by Crippen LogP contribution is -2.31. The number of amides is 1. The van der Waals surface area contributed by atoms with Gasteiger partial charge in [0.15, 0.2) is 4.77 Å². The van der Waals surface area contributed by atoms with Crippen molar-refractivity contribution in [2.24, 2.45) is 5.92 Å². The fourth-order valence-corrected chi connectivity index (χ4v) is 3.60. The number of rotatable bonds is 7. The average Bonchev–Trinajstić information content (AvgIpc) is 2.67. The fourth-order valence-electron chi connectivity index (χ4n) is 3.32. The lowest BCUT2D eigenvalue weighted by molar-refractivity contribution is -0.122. The molecule has 28 heavy (non-hydrogen) atoms. The summed E-state index contributed by atoms with van der Waals surface area (Å²) in [7, 11) is 0. The van der Waals surface area contributed by atoms with Crippen LogP contribution in [0.25, 0.3) is 10.9 Å². The summed E-state index contributed by atoms with van der Waals surface area (Å²) in [4.78, 5) is 28.4. The zero-order valence-corrected chi connectivity index (χ0v) is 17.0. The van der Waals surface area contributed by atoms with Gasteiger partial charge in [0, 0.05) is 13.0 Å². The van der Waals surface area contributed by atoms with Crippen LogP contribution in [0.5, 0.6) is 0 Å². The Morgan fingerprint density at radius 3 is 2.50 bits per heavy atom. The van der Waals surface area contributed by atoms with E-state index in [-0.39, 0.29) is 30.5 Å². The number of aromatic amines is 1. The van der Waals surface area contributed by atoms with Gasteiger partial charge in [-0.05, 0) is 42.3 Å². The number of carbonyl (C=O) groups is 1. The number of benzene rings is 2. The largest absolute Gasteiger partial charge is 0.349 e. The van der Waals surface area contributed by atoms with Gasteiger partial charge in [-0.15, -0.1) is 0 Å². The zero-order chi connectivity index (χ0) is 20.1. The predicted octanol–water partition coefficient (Wildman–Crippen LogP) is 4.35. The Kier molecular flexibility index (Phi) is 6.41. The Morgan fingerprint density at radius 1 is 1.11 bits per heavy atom. The van der Waals surface area contributed by atoms with Crippen LogP contribution < -0.4 is 10.9 Å². The third-order valence-electron chi connectivity index (χ3n) is 4.70. The second-order valence-electron chi connectivity index (χ2n) is 7.34. The highest BCUT2D eigenvalue weighted by atomic mass is 32.1. The van der Waals surface area contributed by atoms with E-state index in [0.29, 0.717) is 21.6 Å². The zero-order valence-electron chi connectivity index (χ0n) is 16.1. The van der Waals surface area contributed by atoms with Crippen LogP contribution in [0.3, 0.4) is 0 Å². The van der Waals surface area contributed by atoms with Crippen molar-refractivity contribution in [2.75, 3.05) is 0 Å². The maximum absolute atomic E-state index is 12.7. The van der Waals surface area contributed by atoms with Gasteiger partial charge in [-0.25, -0.2) is 0 Å². The summed E-state index contributed by atoms with van der Waals surface area (Å²) >= 11 is 5.32. The molecule has 0 aliphatic carbocycles. The van der Waals surface area contributed by atoms with Crippen molar-refractivity contribution >= 4 is 29.0 Å². The number of hydrogen-bond acceptors (Lipinski definition) is 3. The van der Waals surface area contributed by atoms with Crippen molar-refractivity contribution in [1.29, 1.82) is 0 Å². The van der Waals surface area contributed by atoms with Crippen molar-refractivity contribution < 1.29 is 4.79 Å². The minimum Gasteiger partial charge on any atom is -0.349 e. The molecule has 0 bridgehead atoms. The summed E-state index contributed by atoms with van der Waals surface area (Å²) in [5, 5.41) is 3.68. The van der Waals surface area contributed by atoms with Gasteiger partial charge in [-0.1, -0.05) is 56.3 Å². The van der Waals surface area contributed by atoms with Gasteiger partial charge in [0.25, 0.3) is 5.56 Å². The van der Waals surface area contributed by atoms with E-state index in [2.05, 4.69) is 24.1 Å². The number of fused-ring (bicyclic) bond motifs is 1. The fraction of sp³-hybridized carbons (Fsp3) is 0.318. The molecule has 2 aromatic carbocycles. The standard InChI is InChI=1S/C22H25N3O2S/c1-15(2)14-19(16-8-4-3-5-9-16)23-20(26)12-13-25-21(27)17-10-6-7-11-18(17)24-22(25)28/h3-11,15,19H,12-14H2,1-2H3,(H,23,26)(H,24,28). The molecular formula is C22H25N3O2S. The van der Waals surface area contributed by atoms with E-state index in [1.807, 2.05) is 48.5 Å². The van der Waals surface area contributed by atoms with Crippen LogP contribution in [0, 0.1) is 10.7 Å². The summed E-state index contributed by atoms with van der Waals surface area (Å²) in [6.07, 6.45) is 1.04. The molecule has 0 radical (unpaired) electrons. The van der Waals surface area contributed by atoms with Gasteiger partial charge < -0.3 is 10.3 Å². The van der Waals surface area contributed by atoms with Gasteiger partial charge >= 0.3 is 0 Å². The number of para-hydroxylation sites is 1. The highest BCUT2D eigenvalue weighted by molar-refractivity contribution is 7.71. The van der Waals surface area contributed by atoms with Crippen LogP contribution in [0.2, 0.25) is 0 Å². The summed E-state index contributed by atoms with van der Waals surface area (Å²) in [6.45, 7) is 4.51. The number of carbonyl (C=O) groups excluding carboxylic acids is 1. The average molecular weight is 396 g/mol. The molecule has 0 saturated carbocycles. The number of aromatic nitrogens is 2. The molecule has 1 unspecified atom stereocenters. The molecule has 3 rings (SSSR count). The lowest BCUT2D eigenvalue weighted by Gasteiger charge is -2.21. The van der Waals surface area contributed by atoms with E-state index in [1.165, 1.54) is 4.57 Å². The minimum atomic E-state index is -0.172. The summed E-state index contributed by atoms with van der Waals surface area (Å²) in [5.74, 6) is 0.353.